The number of carbonyl (C=O) groups is 1. The molecule has 21 heavy (non-hydrogen) atoms. The van der Waals surface area contributed by atoms with Crippen LogP contribution in [0.1, 0.15) is 39.2 Å². The molecule has 0 atom stereocenters. The maximum Gasteiger partial charge on any atom is 0.239 e. The Labute approximate surface area is 127 Å². The van der Waals surface area contributed by atoms with Gasteiger partial charge in [-0.2, -0.15) is 0 Å². The van der Waals surface area contributed by atoms with Crippen LogP contribution in [0.15, 0.2) is 24.3 Å². The summed E-state index contributed by atoms with van der Waals surface area (Å²) in [7, 11) is -3.41. The van der Waals surface area contributed by atoms with Crippen LogP contribution in [0.5, 0.6) is 0 Å². The average molecular weight is 312 g/mol. The topological polar surface area (TPSA) is 75.3 Å². The number of hydrogen-bond acceptors (Lipinski definition) is 3. The molecule has 1 rings (SSSR count). The molecule has 1 aromatic rings. The summed E-state index contributed by atoms with van der Waals surface area (Å²) in [6.07, 6.45) is 3.32. The Hall–Kier alpha value is -1.40. The van der Waals surface area contributed by atoms with Gasteiger partial charge >= 0.3 is 0 Å². The Morgan fingerprint density at radius 1 is 1.19 bits per heavy atom. The van der Waals surface area contributed by atoms with E-state index in [1.165, 1.54) is 5.56 Å². The first-order chi connectivity index (χ1) is 9.85. The number of aryl methyl sites for hydroxylation is 1. The number of anilines is 1. The molecule has 0 bridgehead atoms. The van der Waals surface area contributed by atoms with Crippen LogP contribution in [0, 0.1) is 0 Å². The first kappa shape index (κ1) is 17.7. The van der Waals surface area contributed by atoms with Gasteiger partial charge in [0.2, 0.25) is 15.9 Å². The first-order valence-electron chi connectivity index (χ1n) is 7.22. The molecule has 6 heteroatoms. The molecule has 1 amide bonds. The van der Waals surface area contributed by atoms with Crippen LogP contribution in [0.25, 0.3) is 0 Å². The van der Waals surface area contributed by atoms with Crippen molar-refractivity contribution in [3.63, 3.8) is 0 Å². The summed E-state index contributed by atoms with van der Waals surface area (Å²) >= 11 is 0. The highest BCUT2D eigenvalue weighted by atomic mass is 32.2. The summed E-state index contributed by atoms with van der Waals surface area (Å²) in [6.45, 7) is 5.02. The van der Waals surface area contributed by atoms with E-state index < -0.39 is 15.3 Å². The van der Waals surface area contributed by atoms with Crippen molar-refractivity contribution in [2.24, 2.45) is 0 Å². The molecular formula is C15H24N2O3S. The Balaban J connectivity index is 2.48. The lowest BCUT2D eigenvalue weighted by Gasteiger charge is -2.10. The summed E-state index contributed by atoms with van der Waals surface area (Å²) < 4.78 is 25.4. The average Bonchev–Trinajstić information content (AvgIpc) is 2.44. The molecule has 0 saturated carbocycles. The molecule has 0 aliphatic rings. The lowest BCUT2D eigenvalue weighted by Crippen LogP contribution is -2.36. The van der Waals surface area contributed by atoms with Gasteiger partial charge in [-0.05, 0) is 44.4 Å². The van der Waals surface area contributed by atoms with Gasteiger partial charge in [0.1, 0.15) is 0 Å². The number of carbonyl (C=O) groups excluding carboxylic acids is 1. The number of rotatable bonds is 8. The van der Waals surface area contributed by atoms with Gasteiger partial charge < -0.3 is 5.32 Å². The molecule has 0 fully saturated rings. The number of amides is 1. The molecule has 2 N–H and O–H groups in total. The number of unbranched alkanes of at least 4 members (excludes halogenated alkanes) is 1. The van der Waals surface area contributed by atoms with E-state index in [-0.39, 0.29) is 12.5 Å². The van der Waals surface area contributed by atoms with Gasteiger partial charge in [-0.15, -0.1) is 0 Å². The molecule has 0 spiro atoms. The smallest absolute Gasteiger partial charge is 0.239 e. The molecule has 0 aliphatic carbocycles. The zero-order valence-corrected chi connectivity index (χ0v) is 13.7. The minimum atomic E-state index is -3.41. The van der Waals surface area contributed by atoms with Gasteiger partial charge in [-0.3, -0.25) is 4.79 Å². The first-order valence-corrected chi connectivity index (χ1v) is 8.77. The van der Waals surface area contributed by atoms with Gasteiger partial charge in [0.05, 0.1) is 11.8 Å². The van der Waals surface area contributed by atoms with Crippen LogP contribution >= 0.6 is 0 Å². The second-order valence-electron chi connectivity index (χ2n) is 5.26. The standard InChI is InChI=1S/C15H24N2O3S/c1-4-5-6-13-7-9-14(10-8-13)17-15(18)11-16-21(19,20)12(2)3/h7-10,12,16H,4-6,11H2,1-3H3,(H,17,18). The molecule has 0 heterocycles. The number of nitrogens with one attached hydrogen (secondary N) is 2. The van der Waals surface area contributed by atoms with E-state index >= 15 is 0 Å². The zero-order valence-electron chi connectivity index (χ0n) is 12.8. The molecule has 0 aliphatic heterocycles. The highest BCUT2D eigenvalue weighted by Gasteiger charge is 2.16. The van der Waals surface area contributed by atoms with E-state index in [2.05, 4.69) is 17.0 Å². The second kappa shape index (κ2) is 8.14. The lowest BCUT2D eigenvalue weighted by molar-refractivity contribution is -0.115. The molecule has 0 aromatic heterocycles. The summed E-state index contributed by atoms with van der Waals surface area (Å²) in [5, 5.41) is 2.12. The van der Waals surface area contributed by atoms with Crippen molar-refractivity contribution in [1.29, 1.82) is 0 Å². The predicted molar refractivity (Wildman–Crippen MR) is 85.7 cm³/mol. The predicted octanol–water partition coefficient (Wildman–Crippen LogP) is 2.30. The Bertz CT molecular complexity index is 551. The van der Waals surface area contributed by atoms with Crippen LogP contribution in [0.4, 0.5) is 5.69 Å². The number of hydrogen-bond donors (Lipinski definition) is 2. The molecule has 0 radical (unpaired) electrons. The normalized spacial score (nSPS) is 11.6. The molecular weight excluding hydrogens is 288 g/mol. The number of sulfonamides is 1. The van der Waals surface area contributed by atoms with E-state index in [1.54, 1.807) is 13.8 Å². The van der Waals surface area contributed by atoms with Crippen molar-refractivity contribution < 1.29 is 13.2 Å². The van der Waals surface area contributed by atoms with Crippen LogP contribution < -0.4 is 10.0 Å². The van der Waals surface area contributed by atoms with E-state index in [0.717, 1.165) is 19.3 Å². The molecule has 5 nitrogen and oxygen atoms in total. The molecule has 118 valence electrons. The Kier molecular flexibility index (Phi) is 6.84. The fourth-order valence-corrected chi connectivity index (χ4v) is 2.34. The third-order valence-electron chi connectivity index (χ3n) is 3.11. The lowest BCUT2D eigenvalue weighted by atomic mass is 10.1. The van der Waals surface area contributed by atoms with E-state index in [9.17, 15) is 13.2 Å². The SMILES string of the molecule is CCCCc1ccc(NC(=O)CNS(=O)(=O)C(C)C)cc1. The molecule has 0 saturated heterocycles. The van der Waals surface area contributed by atoms with Gasteiger partial charge in [0.15, 0.2) is 0 Å². The van der Waals surface area contributed by atoms with Crippen molar-refractivity contribution >= 4 is 21.6 Å². The second-order valence-corrected chi connectivity index (χ2v) is 7.59. The van der Waals surface area contributed by atoms with Crippen LogP contribution in [-0.2, 0) is 21.2 Å². The summed E-state index contributed by atoms with van der Waals surface area (Å²) in [4.78, 5) is 11.7. The third kappa shape index (κ3) is 6.27. The van der Waals surface area contributed by atoms with Crippen LogP contribution in [0.2, 0.25) is 0 Å². The highest BCUT2D eigenvalue weighted by Crippen LogP contribution is 2.11. The van der Waals surface area contributed by atoms with Crippen molar-refractivity contribution in [2.45, 2.75) is 45.3 Å². The highest BCUT2D eigenvalue weighted by molar-refractivity contribution is 7.90. The van der Waals surface area contributed by atoms with Crippen LogP contribution in [-0.4, -0.2) is 26.1 Å². The van der Waals surface area contributed by atoms with Gasteiger partial charge in [0, 0.05) is 5.69 Å². The van der Waals surface area contributed by atoms with Crippen molar-refractivity contribution in [2.75, 3.05) is 11.9 Å². The quantitative estimate of drug-likeness (QED) is 0.773. The summed E-state index contributed by atoms with van der Waals surface area (Å²) in [5.41, 5.74) is 1.90. The van der Waals surface area contributed by atoms with Crippen molar-refractivity contribution in [3.05, 3.63) is 29.8 Å². The Morgan fingerprint density at radius 3 is 2.33 bits per heavy atom. The monoisotopic (exact) mass is 312 g/mol. The van der Waals surface area contributed by atoms with Gasteiger partial charge in [-0.25, -0.2) is 13.1 Å². The van der Waals surface area contributed by atoms with E-state index in [0.29, 0.717) is 5.69 Å². The van der Waals surface area contributed by atoms with Gasteiger partial charge in [-0.1, -0.05) is 25.5 Å². The third-order valence-corrected chi connectivity index (χ3v) is 4.90. The molecule has 1 aromatic carbocycles. The van der Waals surface area contributed by atoms with E-state index in [1.807, 2.05) is 24.3 Å². The van der Waals surface area contributed by atoms with E-state index in [4.69, 9.17) is 0 Å². The largest absolute Gasteiger partial charge is 0.325 e. The fourth-order valence-electron chi connectivity index (χ4n) is 1.67. The fraction of sp³-hybridized carbons (Fsp3) is 0.533. The summed E-state index contributed by atoms with van der Waals surface area (Å²) in [6, 6.07) is 7.62. The van der Waals surface area contributed by atoms with Crippen molar-refractivity contribution in [1.82, 2.24) is 4.72 Å². The van der Waals surface area contributed by atoms with Crippen molar-refractivity contribution in [3.8, 4) is 0 Å². The maximum absolute atomic E-state index is 11.7. The van der Waals surface area contributed by atoms with Crippen LogP contribution in [0.3, 0.4) is 0 Å². The minimum absolute atomic E-state index is 0.252. The maximum atomic E-state index is 11.7. The van der Waals surface area contributed by atoms with Gasteiger partial charge in [0.25, 0.3) is 0 Å². The minimum Gasteiger partial charge on any atom is -0.325 e. The molecule has 0 unspecified atom stereocenters. The number of benzene rings is 1. The summed E-state index contributed by atoms with van der Waals surface area (Å²) in [5.74, 6) is -0.375. The zero-order chi connectivity index (χ0) is 15.9. The Morgan fingerprint density at radius 2 is 1.81 bits per heavy atom.